The Bertz CT molecular complexity index is 836. The molecule has 0 spiro atoms. The summed E-state index contributed by atoms with van der Waals surface area (Å²) in [5.41, 5.74) is 0.810. The van der Waals surface area contributed by atoms with Gasteiger partial charge in [-0.25, -0.2) is 13.8 Å². The van der Waals surface area contributed by atoms with Gasteiger partial charge >= 0.3 is 0 Å². The van der Waals surface area contributed by atoms with E-state index in [2.05, 4.69) is 10.3 Å². The predicted octanol–water partition coefficient (Wildman–Crippen LogP) is 4.34. The van der Waals surface area contributed by atoms with Gasteiger partial charge in [-0.15, -0.1) is 0 Å². The Morgan fingerprint density at radius 2 is 1.91 bits per heavy atom. The summed E-state index contributed by atoms with van der Waals surface area (Å²) in [4.78, 5) is 4.38. The summed E-state index contributed by atoms with van der Waals surface area (Å²) in [6.45, 7) is 0. The SMILES string of the molecule is COc1cc(OC)c2nc(Nc3ccc(F)cc3F)sc2c1. The topological polar surface area (TPSA) is 43.4 Å². The minimum atomic E-state index is -0.677. The van der Waals surface area contributed by atoms with Crippen molar-refractivity contribution in [3.05, 3.63) is 42.0 Å². The molecule has 22 heavy (non-hydrogen) atoms. The maximum Gasteiger partial charge on any atom is 0.188 e. The van der Waals surface area contributed by atoms with Crippen LogP contribution in [0.3, 0.4) is 0 Å². The first-order chi connectivity index (χ1) is 10.6. The van der Waals surface area contributed by atoms with Crippen LogP contribution in [0.15, 0.2) is 30.3 Å². The summed E-state index contributed by atoms with van der Waals surface area (Å²) in [5.74, 6) is -0.0895. The zero-order valence-electron chi connectivity index (χ0n) is 11.8. The van der Waals surface area contributed by atoms with Crippen molar-refractivity contribution in [2.45, 2.75) is 0 Å². The molecule has 7 heteroatoms. The molecular formula is C15H12F2N2O2S. The Morgan fingerprint density at radius 1 is 1.09 bits per heavy atom. The number of ether oxygens (including phenoxy) is 2. The van der Waals surface area contributed by atoms with E-state index < -0.39 is 11.6 Å². The number of benzene rings is 2. The van der Waals surface area contributed by atoms with E-state index in [4.69, 9.17) is 9.47 Å². The van der Waals surface area contributed by atoms with Crippen LogP contribution in [0.25, 0.3) is 10.2 Å². The highest BCUT2D eigenvalue weighted by Crippen LogP contribution is 2.37. The van der Waals surface area contributed by atoms with Crippen LogP contribution in [0.4, 0.5) is 19.6 Å². The van der Waals surface area contributed by atoms with Crippen LogP contribution in [0.5, 0.6) is 11.5 Å². The number of thiazole rings is 1. The van der Waals surface area contributed by atoms with Gasteiger partial charge in [-0.1, -0.05) is 11.3 Å². The summed E-state index contributed by atoms with van der Waals surface area (Å²) in [6, 6.07) is 6.88. The van der Waals surface area contributed by atoms with Gasteiger partial charge in [-0.3, -0.25) is 0 Å². The van der Waals surface area contributed by atoms with Crippen LogP contribution in [0, 0.1) is 11.6 Å². The second-order valence-electron chi connectivity index (χ2n) is 4.44. The van der Waals surface area contributed by atoms with Gasteiger partial charge in [0.2, 0.25) is 0 Å². The third kappa shape index (κ3) is 2.67. The van der Waals surface area contributed by atoms with E-state index in [1.165, 1.54) is 23.5 Å². The lowest BCUT2D eigenvalue weighted by molar-refractivity contribution is 0.397. The second kappa shape index (κ2) is 5.76. The number of hydrogen-bond donors (Lipinski definition) is 1. The smallest absolute Gasteiger partial charge is 0.188 e. The van der Waals surface area contributed by atoms with Crippen molar-refractivity contribution >= 4 is 32.4 Å². The molecule has 0 amide bonds. The summed E-state index contributed by atoms with van der Waals surface area (Å²) >= 11 is 1.32. The van der Waals surface area contributed by atoms with E-state index in [0.29, 0.717) is 22.1 Å². The highest BCUT2D eigenvalue weighted by atomic mass is 32.1. The molecule has 114 valence electrons. The lowest BCUT2D eigenvalue weighted by Gasteiger charge is -2.04. The fraction of sp³-hybridized carbons (Fsp3) is 0.133. The molecule has 0 saturated heterocycles. The van der Waals surface area contributed by atoms with E-state index >= 15 is 0 Å². The van der Waals surface area contributed by atoms with E-state index in [1.807, 2.05) is 6.07 Å². The van der Waals surface area contributed by atoms with E-state index in [1.54, 1.807) is 20.3 Å². The highest BCUT2D eigenvalue weighted by molar-refractivity contribution is 7.22. The number of fused-ring (bicyclic) bond motifs is 1. The Kier molecular flexibility index (Phi) is 3.81. The van der Waals surface area contributed by atoms with Gasteiger partial charge in [-0.05, 0) is 18.2 Å². The Morgan fingerprint density at radius 3 is 2.59 bits per heavy atom. The Balaban J connectivity index is 2.01. The first-order valence-corrected chi connectivity index (χ1v) is 7.17. The first-order valence-electron chi connectivity index (χ1n) is 6.35. The van der Waals surface area contributed by atoms with Crippen LogP contribution >= 0.6 is 11.3 Å². The van der Waals surface area contributed by atoms with E-state index in [-0.39, 0.29) is 5.69 Å². The Hall–Kier alpha value is -2.41. The molecule has 1 heterocycles. The van der Waals surface area contributed by atoms with Crippen molar-refractivity contribution < 1.29 is 18.3 Å². The second-order valence-corrected chi connectivity index (χ2v) is 5.48. The summed E-state index contributed by atoms with van der Waals surface area (Å²) in [7, 11) is 3.11. The molecule has 2 aromatic carbocycles. The largest absolute Gasteiger partial charge is 0.497 e. The molecule has 1 N–H and O–H groups in total. The minimum absolute atomic E-state index is 0.159. The lowest BCUT2D eigenvalue weighted by atomic mass is 10.3. The average Bonchev–Trinajstić information content (AvgIpc) is 2.91. The zero-order chi connectivity index (χ0) is 15.7. The van der Waals surface area contributed by atoms with Crippen molar-refractivity contribution in [1.82, 2.24) is 4.98 Å². The number of nitrogens with one attached hydrogen (secondary N) is 1. The highest BCUT2D eigenvalue weighted by Gasteiger charge is 2.13. The maximum atomic E-state index is 13.7. The summed E-state index contributed by atoms with van der Waals surface area (Å²) < 4.78 is 37.9. The molecule has 0 radical (unpaired) electrons. The average molecular weight is 322 g/mol. The molecule has 0 aliphatic heterocycles. The molecule has 0 aliphatic rings. The standard InChI is InChI=1S/C15H12F2N2O2S/c1-20-9-6-12(21-2)14-13(7-9)22-15(19-14)18-11-4-3-8(16)5-10(11)17/h3-7H,1-2H3,(H,18,19). The van der Waals surface area contributed by atoms with Gasteiger partial charge in [0.25, 0.3) is 0 Å². The zero-order valence-corrected chi connectivity index (χ0v) is 12.6. The minimum Gasteiger partial charge on any atom is -0.497 e. The number of nitrogens with zero attached hydrogens (tertiary/aromatic N) is 1. The number of hydrogen-bond acceptors (Lipinski definition) is 5. The van der Waals surface area contributed by atoms with Gasteiger partial charge in [0.15, 0.2) is 5.13 Å². The van der Waals surface area contributed by atoms with Crippen LogP contribution < -0.4 is 14.8 Å². The molecule has 0 bridgehead atoms. The van der Waals surface area contributed by atoms with Gasteiger partial charge in [0.05, 0.1) is 24.6 Å². The van der Waals surface area contributed by atoms with Crippen LogP contribution in [0.1, 0.15) is 0 Å². The predicted molar refractivity (Wildman–Crippen MR) is 82.4 cm³/mol. The molecule has 0 aliphatic carbocycles. The van der Waals surface area contributed by atoms with Crippen molar-refractivity contribution in [2.75, 3.05) is 19.5 Å². The van der Waals surface area contributed by atoms with Crippen LogP contribution in [-0.4, -0.2) is 19.2 Å². The molecule has 1 aromatic heterocycles. The monoisotopic (exact) mass is 322 g/mol. The lowest BCUT2D eigenvalue weighted by Crippen LogP contribution is -1.94. The maximum absolute atomic E-state index is 13.7. The Labute approximate surface area is 129 Å². The molecule has 0 saturated carbocycles. The van der Waals surface area contributed by atoms with Gasteiger partial charge in [0.1, 0.15) is 28.7 Å². The van der Waals surface area contributed by atoms with Crippen LogP contribution in [0.2, 0.25) is 0 Å². The molecule has 4 nitrogen and oxygen atoms in total. The third-order valence-electron chi connectivity index (χ3n) is 3.06. The van der Waals surface area contributed by atoms with Crippen molar-refractivity contribution in [3.8, 4) is 11.5 Å². The van der Waals surface area contributed by atoms with Gasteiger partial charge < -0.3 is 14.8 Å². The van der Waals surface area contributed by atoms with Crippen molar-refractivity contribution in [2.24, 2.45) is 0 Å². The van der Waals surface area contributed by atoms with E-state index in [9.17, 15) is 8.78 Å². The van der Waals surface area contributed by atoms with Crippen molar-refractivity contribution in [3.63, 3.8) is 0 Å². The quantitative estimate of drug-likeness (QED) is 0.776. The fourth-order valence-electron chi connectivity index (χ4n) is 2.01. The summed E-state index contributed by atoms with van der Waals surface area (Å²) in [6.07, 6.45) is 0. The van der Waals surface area contributed by atoms with Crippen LogP contribution in [-0.2, 0) is 0 Å². The molecular weight excluding hydrogens is 310 g/mol. The molecule has 0 unspecified atom stereocenters. The number of methoxy groups -OCH3 is 2. The van der Waals surface area contributed by atoms with Gasteiger partial charge in [0, 0.05) is 12.1 Å². The van der Waals surface area contributed by atoms with E-state index in [0.717, 1.165) is 10.8 Å². The molecule has 3 rings (SSSR count). The van der Waals surface area contributed by atoms with Gasteiger partial charge in [-0.2, -0.15) is 0 Å². The fourth-order valence-corrected chi connectivity index (χ4v) is 2.93. The molecule has 3 aromatic rings. The summed E-state index contributed by atoms with van der Waals surface area (Å²) in [5, 5.41) is 3.33. The third-order valence-corrected chi connectivity index (χ3v) is 3.98. The molecule has 0 atom stereocenters. The number of aromatic nitrogens is 1. The normalized spacial score (nSPS) is 10.7. The first kappa shape index (κ1) is 14.5. The number of rotatable bonds is 4. The van der Waals surface area contributed by atoms with Crippen molar-refractivity contribution in [1.29, 1.82) is 0 Å². The number of anilines is 2. The number of halogens is 2. The molecule has 0 fully saturated rings.